The van der Waals surface area contributed by atoms with Crippen LogP contribution in [-0.4, -0.2) is 22.5 Å². The van der Waals surface area contributed by atoms with Gasteiger partial charge in [0, 0.05) is 16.8 Å². The second-order valence-corrected chi connectivity index (χ2v) is 7.85. The maximum Gasteiger partial charge on any atom is 0.192 e. The molecule has 0 aliphatic carbocycles. The van der Waals surface area contributed by atoms with Crippen LogP contribution in [-0.2, 0) is 13.1 Å². The molecule has 0 aliphatic heterocycles. The Kier molecular flexibility index (Phi) is 9.14. The highest BCUT2D eigenvalue weighted by Gasteiger charge is 2.07. The van der Waals surface area contributed by atoms with Gasteiger partial charge in [-0.3, -0.25) is 0 Å². The molecule has 0 saturated heterocycles. The van der Waals surface area contributed by atoms with Gasteiger partial charge in [0.1, 0.15) is 10.0 Å². The Balaban J connectivity index is 0.00000288. The Morgan fingerprint density at radius 1 is 1.21 bits per heavy atom. The highest BCUT2D eigenvalue weighted by atomic mass is 127. The summed E-state index contributed by atoms with van der Waals surface area (Å²) in [6.07, 6.45) is 0. The summed E-state index contributed by atoms with van der Waals surface area (Å²) < 4.78 is 0. The van der Waals surface area contributed by atoms with Gasteiger partial charge in [-0.2, -0.15) is 0 Å². The quantitative estimate of drug-likeness (QED) is 0.370. The summed E-state index contributed by atoms with van der Waals surface area (Å²) in [5.41, 5.74) is 2.25. The van der Waals surface area contributed by atoms with Crippen LogP contribution in [0.2, 0.25) is 0 Å². The molecular formula is C16H26IN5S2. The Morgan fingerprint density at radius 3 is 2.50 bits per heavy atom. The highest BCUT2D eigenvalue weighted by Crippen LogP contribution is 2.18. The summed E-state index contributed by atoms with van der Waals surface area (Å²) >= 11 is 3.40. The largest absolute Gasteiger partial charge is 0.357 e. The van der Waals surface area contributed by atoms with Gasteiger partial charge in [0.2, 0.25) is 0 Å². The van der Waals surface area contributed by atoms with Crippen molar-refractivity contribution >= 4 is 52.6 Å². The van der Waals surface area contributed by atoms with Crippen molar-refractivity contribution in [1.82, 2.24) is 20.6 Å². The van der Waals surface area contributed by atoms with Crippen molar-refractivity contribution in [2.75, 3.05) is 6.54 Å². The summed E-state index contributed by atoms with van der Waals surface area (Å²) in [6.45, 7) is 12.6. The third-order valence-corrected chi connectivity index (χ3v) is 5.28. The molecule has 0 aliphatic rings. The first-order valence-corrected chi connectivity index (χ1v) is 9.58. The number of hydrogen-bond donors (Lipinski definition) is 2. The van der Waals surface area contributed by atoms with E-state index in [1.165, 1.54) is 4.88 Å². The summed E-state index contributed by atoms with van der Waals surface area (Å²) in [5.74, 6) is 1.28. The molecule has 2 heterocycles. The molecule has 0 atom stereocenters. The fraction of sp³-hybridized carbons (Fsp3) is 0.562. The Hall–Kier alpha value is -0.740. The minimum atomic E-state index is 0. The third kappa shape index (κ3) is 6.29. The monoisotopic (exact) mass is 479 g/mol. The first kappa shape index (κ1) is 21.3. The van der Waals surface area contributed by atoms with Crippen LogP contribution in [0, 0.1) is 13.8 Å². The lowest BCUT2D eigenvalue weighted by Gasteiger charge is -2.09. The number of hydrogen-bond acceptors (Lipinski definition) is 5. The first-order valence-electron chi connectivity index (χ1n) is 7.89. The molecule has 2 N–H and O–H groups in total. The first-order chi connectivity index (χ1) is 11.0. The fourth-order valence-electron chi connectivity index (χ4n) is 1.93. The number of aryl methyl sites for hydroxylation is 2. The van der Waals surface area contributed by atoms with E-state index in [-0.39, 0.29) is 24.0 Å². The maximum absolute atomic E-state index is 4.64. The van der Waals surface area contributed by atoms with Crippen molar-refractivity contribution in [3.05, 3.63) is 31.7 Å². The van der Waals surface area contributed by atoms with Crippen LogP contribution in [0.5, 0.6) is 0 Å². The molecular weight excluding hydrogens is 453 g/mol. The minimum absolute atomic E-state index is 0. The number of aromatic nitrogens is 2. The second kappa shape index (κ2) is 10.3. The molecule has 0 fully saturated rings. The molecule has 2 aromatic heterocycles. The predicted octanol–water partition coefficient (Wildman–Crippen LogP) is 4.21. The number of thiazole rings is 2. The zero-order chi connectivity index (χ0) is 16.8. The molecule has 2 aromatic rings. The van der Waals surface area contributed by atoms with Gasteiger partial charge in [0.15, 0.2) is 5.96 Å². The molecule has 0 bridgehead atoms. The molecule has 8 heteroatoms. The average molecular weight is 479 g/mol. The molecule has 5 nitrogen and oxygen atoms in total. The van der Waals surface area contributed by atoms with Crippen LogP contribution in [0.15, 0.2) is 10.4 Å². The molecule has 0 saturated carbocycles. The van der Waals surface area contributed by atoms with E-state index in [0.29, 0.717) is 19.0 Å². The zero-order valence-corrected chi connectivity index (χ0v) is 18.8. The maximum atomic E-state index is 4.64. The lowest BCUT2D eigenvalue weighted by Crippen LogP contribution is -2.36. The average Bonchev–Trinajstić information content (AvgIpc) is 3.10. The van der Waals surface area contributed by atoms with E-state index < -0.39 is 0 Å². The molecule has 134 valence electrons. The van der Waals surface area contributed by atoms with E-state index in [1.807, 2.05) is 6.92 Å². The topological polar surface area (TPSA) is 62.2 Å². The number of rotatable bonds is 6. The van der Waals surface area contributed by atoms with E-state index in [9.17, 15) is 0 Å². The fourth-order valence-corrected chi connectivity index (χ4v) is 3.68. The smallest absolute Gasteiger partial charge is 0.192 e. The number of guanidine groups is 1. The van der Waals surface area contributed by atoms with E-state index in [2.05, 4.69) is 58.7 Å². The van der Waals surface area contributed by atoms with Crippen LogP contribution < -0.4 is 10.6 Å². The van der Waals surface area contributed by atoms with Gasteiger partial charge < -0.3 is 10.6 Å². The van der Waals surface area contributed by atoms with E-state index >= 15 is 0 Å². The van der Waals surface area contributed by atoms with Gasteiger partial charge in [0.25, 0.3) is 0 Å². The standard InChI is InChI=1S/C16H25N5S2.HI/c1-6-17-16(19-8-15-20-11(4)12(5)23-15)18-7-14-21-13(9-22-14)10(2)3;/h9-10H,6-8H2,1-5H3,(H2,17,18,19);1H. The van der Waals surface area contributed by atoms with Crippen molar-refractivity contribution in [3.63, 3.8) is 0 Å². The summed E-state index contributed by atoms with van der Waals surface area (Å²) in [4.78, 5) is 15.0. The van der Waals surface area contributed by atoms with Crippen molar-refractivity contribution in [3.8, 4) is 0 Å². The lowest BCUT2D eigenvalue weighted by molar-refractivity contribution is 0.787. The molecule has 0 spiro atoms. The number of aliphatic imine (C=N–C) groups is 1. The molecule has 0 aromatic carbocycles. The number of nitrogens with zero attached hydrogens (tertiary/aromatic N) is 3. The van der Waals surface area contributed by atoms with E-state index in [0.717, 1.165) is 33.9 Å². The third-order valence-electron chi connectivity index (χ3n) is 3.36. The van der Waals surface area contributed by atoms with Crippen LogP contribution >= 0.6 is 46.7 Å². The minimum Gasteiger partial charge on any atom is -0.357 e. The van der Waals surface area contributed by atoms with Crippen LogP contribution in [0.25, 0.3) is 0 Å². The van der Waals surface area contributed by atoms with Gasteiger partial charge in [0.05, 0.1) is 24.5 Å². The summed E-state index contributed by atoms with van der Waals surface area (Å²) in [5, 5.41) is 10.9. The molecule has 0 unspecified atom stereocenters. The Bertz CT molecular complexity index is 644. The Morgan fingerprint density at radius 2 is 1.96 bits per heavy atom. The predicted molar refractivity (Wildman–Crippen MR) is 115 cm³/mol. The van der Waals surface area contributed by atoms with Gasteiger partial charge >= 0.3 is 0 Å². The van der Waals surface area contributed by atoms with Crippen LogP contribution in [0.4, 0.5) is 0 Å². The van der Waals surface area contributed by atoms with E-state index in [1.54, 1.807) is 22.7 Å². The van der Waals surface area contributed by atoms with Gasteiger partial charge in [-0.1, -0.05) is 13.8 Å². The molecule has 0 amide bonds. The van der Waals surface area contributed by atoms with Crippen LogP contribution in [0.1, 0.15) is 53.0 Å². The highest BCUT2D eigenvalue weighted by molar-refractivity contribution is 14.0. The lowest BCUT2D eigenvalue weighted by atomic mass is 10.2. The van der Waals surface area contributed by atoms with Crippen molar-refractivity contribution in [1.29, 1.82) is 0 Å². The SMILES string of the molecule is CCNC(=NCc1nc(C)c(C)s1)NCc1nc(C(C)C)cs1.I. The van der Waals surface area contributed by atoms with Crippen molar-refractivity contribution < 1.29 is 0 Å². The molecule has 2 rings (SSSR count). The number of halogens is 1. The van der Waals surface area contributed by atoms with Crippen molar-refractivity contribution in [2.45, 2.75) is 53.6 Å². The molecule has 24 heavy (non-hydrogen) atoms. The van der Waals surface area contributed by atoms with Gasteiger partial charge in [-0.25, -0.2) is 15.0 Å². The Labute approximate surface area is 169 Å². The van der Waals surface area contributed by atoms with Gasteiger partial charge in [-0.05, 0) is 26.7 Å². The summed E-state index contributed by atoms with van der Waals surface area (Å²) in [6, 6.07) is 0. The molecule has 0 radical (unpaired) electrons. The second-order valence-electron chi connectivity index (χ2n) is 5.62. The van der Waals surface area contributed by atoms with Crippen LogP contribution in [0.3, 0.4) is 0 Å². The number of nitrogens with one attached hydrogen (secondary N) is 2. The zero-order valence-electron chi connectivity index (χ0n) is 14.8. The normalized spacial score (nSPS) is 11.5. The van der Waals surface area contributed by atoms with Gasteiger partial charge in [-0.15, -0.1) is 46.7 Å². The summed E-state index contributed by atoms with van der Waals surface area (Å²) in [7, 11) is 0. The van der Waals surface area contributed by atoms with Crippen molar-refractivity contribution in [2.24, 2.45) is 4.99 Å². The van der Waals surface area contributed by atoms with E-state index in [4.69, 9.17) is 0 Å².